The summed E-state index contributed by atoms with van der Waals surface area (Å²) in [4.78, 5) is 23.5. The summed E-state index contributed by atoms with van der Waals surface area (Å²) in [7, 11) is 0. The number of carbonyl (C=O) groups is 1. The van der Waals surface area contributed by atoms with Gasteiger partial charge in [0.2, 0.25) is 5.91 Å². The van der Waals surface area contributed by atoms with Gasteiger partial charge in [0.1, 0.15) is 0 Å². The molecule has 1 aromatic rings. The zero-order valence-corrected chi connectivity index (χ0v) is 16.2. The van der Waals surface area contributed by atoms with Crippen LogP contribution < -0.4 is 5.32 Å². The molecule has 1 amide bonds. The number of hydrogen-bond donors (Lipinski definition) is 1. The molecule has 0 radical (unpaired) electrons. The summed E-state index contributed by atoms with van der Waals surface area (Å²) in [6, 6.07) is 4.46. The molecule has 0 aliphatic heterocycles. The standard InChI is InChI=1S/C17H18Br2N2O3/c18-13-4-12(21(23)24)1-2-14(13)20-15(22)16-5-10-3-11(6-16)8-17(19,7-10)9-16/h1-2,4,10-11H,3,5-9H2,(H,20,22). The summed E-state index contributed by atoms with van der Waals surface area (Å²) in [6.07, 6.45) is 6.44. The van der Waals surface area contributed by atoms with Crippen molar-refractivity contribution in [2.75, 3.05) is 5.32 Å². The van der Waals surface area contributed by atoms with Crippen molar-refractivity contribution < 1.29 is 9.72 Å². The second-order valence-electron chi connectivity index (χ2n) is 7.77. The van der Waals surface area contributed by atoms with Crippen molar-refractivity contribution >= 4 is 49.1 Å². The van der Waals surface area contributed by atoms with Crippen molar-refractivity contribution in [3.8, 4) is 0 Å². The van der Waals surface area contributed by atoms with Crippen molar-refractivity contribution in [3.05, 3.63) is 32.8 Å². The number of non-ortho nitro benzene ring substituents is 1. The van der Waals surface area contributed by atoms with Gasteiger partial charge in [0, 0.05) is 20.9 Å². The Bertz CT molecular complexity index is 723. The molecule has 7 heteroatoms. The molecule has 1 aromatic carbocycles. The lowest BCUT2D eigenvalue weighted by atomic mass is 9.49. The van der Waals surface area contributed by atoms with Crippen LogP contribution in [0.2, 0.25) is 0 Å². The molecule has 5 nitrogen and oxygen atoms in total. The molecule has 5 rings (SSSR count). The Balaban J connectivity index is 1.58. The molecule has 0 heterocycles. The molecular formula is C17H18Br2N2O3. The van der Waals surface area contributed by atoms with E-state index in [1.54, 1.807) is 6.07 Å². The molecule has 2 unspecified atom stereocenters. The third-order valence-electron chi connectivity index (χ3n) is 5.88. The number of amides is 1. The first-order chi connectivity index (χ1) is 11.3. The maximum Gasteiger partial charge on any atom is 0.270 e. The van der Waals surface area contributed by atoms with Crippen LogP contribution in [0.4, 0.5) is 11.4 Å². The molecule has 4 aliphatic carbocycles. The minimum Gasteiger partial charge on any atom is -0.325 e. The average molecular weight is 458 g/mol. The molecule has 2 atom stereocenters. The Hall–Kier alpha value is -0.950. The molecule has 4 saturated carbocycles. The summed E-state index contributed by atoms with van der Waals surface area (Å²) in [5.41, 5.74) is 0.313. The first kappa shape index (κ1) is 16.5. The van der Waals surface area contributed by atoms with E-state index < -0.39 is 4.92 Å². The minimum absolute atomic E-state index is 0.00842. The molecule has 128 valence electrons. The highest BCUT2D eigenvalue weighted by Crippen LogP contribution is 2.64. The largest absolute Gasteiger partial charge is 0.325 e. The fraction of sp³-hybridized carbons (Fsp3) is 0.588. The molecule has 24 heavy (non-hydrogen) atoms. The first-order valence-corrected chi connectivity index (χ1v) is 9.82. The van der Waals surface area contributed by atoms with Crippen LogP contribution in [-0.2, 0) is 4.79 Å². The third kappa shape index (κ3) is 2.69. The SMILES string of the molecule is O=C(Nc1ccc([N+](=O)[O-])cc1Br)C12CC3CC(CC(Br)(C3)C1)C2. The monoisotopic (exact) mass is 456 g/mol. The fourth-order valence-corrected chi connectivity index (χ4v) is 7.31. The van der Waals surface area contributed by atoms with Gasteiger partial charge in [0.25, 0.3) is 5.69 Å². The van der Waals surface area contributed by atoms with Gasteiger partial charge in [-0.05, 0) is 72.4 Å². The van der Waals surface area contributed by atoms with E-state index in [0.29, 0.717) is 22.0 Å². The van der Waals surface area contributed by atoms with Crippen LogP contribution >= 0.6 is 31.9 Å². The third-order valence-corrected chi connectivity index (χ3v) is 7.47. The number of anilines is 1. The van der Waals surface area contributed by atoms with Crippen molar-refractivity contribution in [1.82, 2.24) is 0 Å². The van der Waals surface area contributed by atoms with Gasteiger partial charge in [-0.15, -0.1) is 0 Å². The van der Waals surface area contributed by atoms with Crippen LogP contribution in [-0.4, -0.2) is 15.2 Å². The lowest BCUT2D eigenvalue weighted by Crippen LogP contribution is -2.57. The second kappa shape index (κ2) is 5.53. The molecule has 4 fully saturated rings. The quantitative estimate of drug-likeness (QED) is 0.393. The molecule has 1 N–H and O–H groups in total. The molecular weight excluding hydrogens is 440 g/mol. The Morgan fingerprint density at radius 1 is 1.25 bits per heavy atom. The molecule has 0 saturated heterocycles. The number of nitro groups is 1. The fourth-order valence-electron chi connectivity index (χ4n) is 5.39. The van der Waals surface area contributed by atoms with Gasteiger partial charge in [-0.25, -0.2) is 0 Å². The highest BCUT2D eigenvalue weighted by atomic mass is 79.9. The summed E-state index contributed by atoms with van der Waals surface area (Å²) in [5.74, 6) is 1.34. The number of nitrogens with one attached hydrogen (secondary N) is 1. The van der Waals surface area contributed by atoms with Crippen molar-refractivity contribution in [2.24, 2.45) is 17.3 Å². The van der Waals surface area contributed by atoms with Crippen LogP contribution in [0.5, 0.6) is 0 Å². The van der Waals surface area contributed by atoms with Crippen molar-refractivity contribution in [1.29, 1.82) is 0 Å². The number of halogens is 2. The van der Waals surface area contributed by atoms with Crippen molar-refractivity contribution in [3.63, 3.8) is 0 Å². The Kier molecular flexibility index (Phi) is 3.80. The zero-order valence-electron chi connectivity index (χ0n) is 13.1. The number of nitro benzene ring substituents is 1. The van der Waals surface area contributed by atoms with Gasteiger partial charge < -0.3 is 5.32 Å². The number of nitrogens with zero attached hydrogens (tertiary/aromatic N) is 1. The summed E-state index contributed by atoms with van der Waals surface area (Å²) in [5, 5.41) is 13.9. The average Bonchev–Trinajstić information content (AvgIpc) is 2.46. The minimum atomic E-state index is -0.440. The van der Waals surface area contributed by atoms with Crippen LogP contribution in [0.3, 0.4) is 0 Å². The molecule has 4 bridgehead atoms. The topological polar surface area (TPSA) is 72.2 Å². The Labute approximate surface area is 157 Å². The van der Waals surface area contributed by atoms with Crippen LogP contribution in [0.1, 0.15) is 38.5 Å². The first-order valence-electron chi connectivity index (χ1n) is 8.23. The molecule has 0 aromatic heterocycles. The zero-order chi connectivity index (χ0) is 17.1. The van der Waals surface area contributed by atoms with Crippen LogP contribution in [0.15, 0.2) is 22.7 Å². The van der Waals surface area contributed by atoms with Crippen molar-refractivity contribution in [2.45, 2.75) is 42.8 Å². The van der Waals surface area contributed by atoms with Gasteiger partial charge >= 0.3 is 0 Å². The predicted molar refractivity (Wildman–Crippen MR) is 98.2 cm³/mol. The van der Waals surface area contributed by atoms with E-state index in [-0.39, 0.29) is 21.3 Å². The van der Waals surface area contributed by atoms with Crippen LogP contribution in [0.25, 0.3) is 0 Å². The number of alkyl halides is 1. The Morgan fingerprint density at radius 2 is 1.92 bits per heavy atom. The summed E-state index contributed by atoms with van der Waals surface area (Å²) >= 11 is 7.26. The van der Waals surface area contributed by atoms with Gasteiger partial charge in [-0.1, -0.05) is 15.9 Å². The van der Waals surface area contributed by atoms with E-state index in [4.69, 9.17) is 0 Å². The van der Waals surface area contributed by atoms with E-state index in [1.165, 1.54) is 31.4 Å². The van der Waals surface area contributed by atoms with E-state index in [0.717, 1.165) is 19.3 Å². The number of rotatable bonds is 3. The van der Waals surface area contributed by atoms with Gasteiger partial charge in [0.15, 0.2) is 0 Å². The summed E-state index contributed by atoms with van der Waals surface area (Å²) < 4.78 is 0.671. The van der Waals surface area contributed by atoms with Gasteiger partial charge in [-0.2, -0.15) is 0 Å². The highest BCUT2D eigenvalue weighted by Gasteiger charge is 2.59. The lowest BCUT2D eigenvalue weighted by molar-refractivity contribution is -0.384. The second-order valence-corrected chi connectivity index (χ2v) is 10.3. The number of carbonyl (C=O) groups excluding carboxylic acids is 1. The Morgan fingerprint density at radius 3 is 2.46 bits per heavy atom. The summed E-state index contributed by atoms with van der Waals surface area (Å²) in [6.45, 7) is 0. The maximum absolute atomic E-state index is 13.1. The number of hydrogen-bond acceptors (Lipinski definition) is 3. The van der Waals surface area contributed by atoms with Gasteiger partial charge in [-0.3, -0.25) is 14.9 Å². The van der Waals surface area contributed by atoms with Gasteiger partial charge in [0.05, 0.1) is 16.0 Å². The van der Waals surface area contributed by atoms with Crippen LogP contribution in [0, 0.1) is 27.4 Å². The maximum atomic E-state index is 13.1. The van der Waals surface area contributed by atoms with E-state index in [2.05, 4.69) is 37.2 Å². The predicted octanol–water partition coefficient (Wildman–Crippen LogP) is 5.03. The molecule has 0 spiro atoms. The number of benzene rings is 1. The smallest absolute Gasteiger partial charge is 0.270 e. The highest BCUT2D eigenvalue weighted by molar-refractivity contribution is 9.10. The normalized spacial score (nSPS) is 36.6. The molecule has 4 aliphatic rings. The lowest BCUT2D eigenvalue weighted by Gasteiger charge is -2.59. The van der Waals surface area contributed by atoms with E-state index in [9.17, 15) is 14.9 Å². The van der Waals surface area contributed by atoms with E-state index in [1.807, 2.05) is 0 Å². The van der Waals surface area contributed by atoms with E-state index >= 15 is 0 Å².